The van der Waals surface area contributed by atoms with Crippen LogP contribution in [0.4, 0.5) is 0 Å². The Balaban J connectivity index is 1.32. The highest BCUT2D eigenvalue weighted by Gasteiger charge is 2.34. The Morgan fingerprint density at radius 3 is 3.04 bits per heavy atom. The molecule has 2 N–H and O–H groups in total. The third-order valence-corrected chi connectivity index (χ3v) is 5.48. The number of nitrogens with one attached hydrogen (secondary N) is 2. The first-order valence-electron chi connectivity index (χ1n) is 9.29. The summed E-state index contributed by atoms with van der Waals surface area (Å²) in [5, 5.41) is 8.65. The minimum Gasteiger partial charge on any atom is -0.379 e. The van der Waals surface area contributed by atoms with Crippen LogP contribution in [0.2, 0.25) is 0 Å². The fourth-order valence-electron chi connectivity index (χ4n) is 4.22. The largest absolute Gasteiger partial charge is 0.379 e. The van der Waals surface area contributed by atoms with E-state index in [-0.39, 0.29) is 0 Å². The van der Waals surface area contributed by atoms with Gasteiger partial charge in [0.25, 0.3) is 0 Å². The number of morpholine rings is 1. The molecule has 128 valence electrons. The van der Waals surface area contributed by atoms with Gasteiger partial charge in [-0.2, -0.15) is 0 Å². The van der Waals surface area contributed by atoms with E-state index in [1.165, 1.54) is 30.3 Å². The van der Waals surface area contributed by atoms with Gasteiger partial charge in [0.05, 0.1) is 18.7 Å². The van der Waals surface area contributed by atoms with E-state index < -0.39 is 0 Å². The van der Waals surface area contributed by atoms with Crippen molar-refractivity contribution in [1.82, 2.24) is 15.6 Å². The molecule has 2 aliphatic rings. The molecule has 0 bridgehead atoms. The Labute approximate surface area is 144 Å². The van der Waals surface area contributed by atoms with Crippen LogP contribution in [0.25, 0.3) is 10.9 Å². The summed E-state index contributed by atoms with van der Waals surface area (Å²) < 4.78 is 5.66. The van der Waals surface area contributed by atoms with Crippen LogP contribution in [0.3, 0.4) is 0 Å². The average Bonchev–Trinajstić information content (AvgIpc) is 3.11. The minimum atomic E-state index is 0.526. The van der Waals surface area contributed by atoms with Gasteiger partial charge in [-0.15, -0.1) is 0 Å². The summed E-state index contributed by atoms with van der Waals surface area (Å²) in [5.41, 5.74) is 2.27. The van der Waals surface area contributed by atoms with E-state index >= 15 is 0 Å². The van der Waals surface area contributed by atoms with Gasteiger partial charge in [-0.25, -0.2) is 0 Å². The number of nitrogens with zero attached hydrogens (tertiary/aromatic N) is 1. The Kier molecular flexibility index (Phi) is 5.07. The fourth-order valence-corrected chi connectivity index (χ4v) is 4.22. The molecule has 1 aliphatic heterocycles. The summed E-state index contributed by atoms with van der Waals surface area (Å²) in [6.07, 6.45) is 4.91. The predicted octanol–water partition coefficient (Wildman–Crippen LogP) is 2.52. The molecule has 1 saturated heterocycles. The smallest absolute Gasteiger partial charge is 0.0705 e. The van der Waals surface area contributed by atoms with E-state index in [1.807, 2.05) is 0 Å². The molecule has 1 saturated carbocycles. The quantitative estimate of drug-likeness (QED) is 0.887. The van der Waals surface area contributed by atoms with Crippen molar-refractivity contribution in [3.8, 4) is 0 Å². The first-order valence-corrected chi connectivity index (χ1v) is 9.29. The number of benzene rings is 1. The van der Waals surface area contributed by atoms with Crippen LogP contribution in [0.1, 0.15) is 25.0 Å². The molecule has 1 aromatic carbocycles. The second kappa shape index (κ2) is 7.60. The van der Waals surface area contributed by atoms with Crippen molar-refractivity contribution >= 4 is 10.9 Å². The van der Waals surface area contributed by atoms with Crippen molar-refractivity contribution in [2.24, 2.45) is 5.92 Å². The fraction of sp³-hybridized carbons (Fsp3) is 0.550. The monoisotopic (exact) mass is 325 g/mol. The molecule has 0 amide bonds. The third kappa shape index (κ3) is 3.61. The molecule has 2 aromatic rings. The summed E-state index contributed by atoms with van der Waals surface area (Å²) in [5.74, 6) is 0.704. The zero-order valence-electron chi connectivity index (χ0n) is 14.2. The van der Waals surface area contributed by atoms with Gasteiger partial charge in [0.15, 0.2) is 0 Å². The zero-order chi connectivity index (χ0) is 16.2. The number of ether oxygens (including phenoxy) is 1. The molecular formula is C20H27N3O. The Hall–Kier alpha value is -1.49. The normalized spacial score (nSPS) is 27.6. The van der Waals surface area contributed by atoms with Crippen molar-refractivity contribution in [3.05, 3.63) is 42.1 Å². The molecule has 3 atom stereocenters. The lowest BCUT2D eigenvalue weighted by atomic mass is 9.94. The number of hydrogen-bond acceptors (Lipinski definition) is 4. The number of aromatic nitrogens is 1. The number of fused-ring (bicyclic) bond motifs is 1. The summed E-state index contributed by atoms with van der Waals surface area (Å²) >= 11 is 0. The van der Waals surface area contributed by atoms with Crippen LogP contribution in [0.5, 0.6) is 0 Å². The molecule has 2 fully saturated rings. The first-order chi connectivity index (χ1) is 11.9. The number of rotatable bonds is 5. The highest BCUT2D eigenvalue weighted by Crippen LogP contribution is 2.29. The first kappa shape index (κ1) is 16.0. The maximum Gasteiger partial charge on any atom is 0.0705 e. The SMILES string of the molecule is c1ccc2nc(CCNC3CCCC3C3COCCN3)ccc2c1. The van der Waals surface area contributed by atoms with Gasteiger partial charge >= 0.3 is 0 Å². The second-order valence-corrected chi connectivity index (χ2v) is 7.04. The lowest BCUT2D eigenvalue weighted by Gasteiger charge is -2.33. The molecule has 4 rings (SSSR count). The van der Waals surface area contributed by atoms with E-state index in [1.54, 1.807) is 0 Å². The van der Waals surface area contributed by atoms with Crippen LogP contribution in [-0.4, -0.2) is 43.4 Å². The highest BCUT2D eigenvalue weighted by atomic mass is 16.5. The maximum absolute atomic E-state index is 5.66. The van der Waals surface area contributed by atoms with Crippen LogP contribution in [0.15, 0.2) is 36.4 Å². The van der Waals surface area contributed by atoms with Crippen molar-refractivity contribution in [3.63, 3.8) is 0 Å². The van der Waals surface area contributed by atoms with Gasteiger partial charge < -0.3 is 15.4 Å². The number of para-hydroxylation sites is 1. The van der Waals surface area contributed by atoms with E-state index in [9.17, 15) is 0 Å². The van der Waals surface area contributed by atoms with Gasteiger partial charge in [-0.05, 0) is 30.9 Å². The Morgan fingerprint density at radius 2 is 2.12 bits per heavy atom. The van der Waals surface area contributed by atoms with Crippen molar-refractivity contribution in [2.45, 2.75) is 37.8 Å². The third-order valence-electron chi connectivity index (χ3n) is 5.48. The lowest BCUT2D eigenvalue weighted by molar-refractivity contribution is 0.0526. The minimum absolute atomic E-state index is 0.526. The van der Waals surface area contributed by atoms with E-state index in [4.69, 9.17) is 9.72 Å². The molecule has 1 aliphatic carbocycles. The molecule has 4 heteroatoms. The molecule has 1 aromatic heterocycles. The van der Waals surface area contributed by atoms with Crippen LogP contribution < -0.4 is 10.6 Å². The molecule has 0 spiro atoms. The van der Waals surface area contributed by atoms with E-state index in [0.717, 1.165) is 38.2 Å². The van der Waals surface area contributed by atoms with Crippen molar-refractivity contribution < 1.29 is 4.74 Å². The summed E-state index contributed by atoms with van der Waals surface area (Å²) in [6, 6.07) is 13.8. The summed E-state index contributed by atoms with van der Waals surface area (Å²) in [4.78, 5) is 4.78. The highest BCUT2D eigenvalue weighted by molar-refractivity contribution is 5.78. The van der Waals surface area contributed by atoms with Crippen molar-refractivity contribution in [1.29, 1.82) is 0 Å². The molecular weight excluding hydrogens is 298 g/mol. The topological polar surface area (TPSA) is 46.2 Å². The Morgan fingerprint density at radius 1 is 1.17 bits per heavy atom. The zero-order valence-corrected chi connectivity index (χ0v) is 14.2. The molecule has 3 unspecified atom stereocenters. The average molecular weight is 325 g/mol. The molecule has 0 radical (unpaired) electrons. The maximum atomic E-state index is 5.66. The van der Waals surface area contributed by atoms with E-state index in [2.05, 4.69) is 47.0 Å². The number of hydrogen-bond donors (Lipinski definition) is 2. The summed E-state index contributed by atoms with van der Waals surface area (Å²) in [6.45, 7) is 3.72. The molecule has 4 nitrogen and oxygen atoms in total. The van der Waals surface area contributed by atoms with Crippen LogP contribution in [-0.2, 0) is 11.2 Å². The predicted molar refractivity (Wildman–Crippen MR) is 97.2 cm³/mol. The molecule has 2 heterocycles. The Bertz CT molecular complexity index is 669. The molecule has 24 heavy (non-hydrogen) atoms. The van der Waals surface area contributed by atoms with Crippen LogP contribution >= 0.6 is 0 Å². The standard InChI is InChI=1S/C20H27N3O/c1-2-6-18-15(4-1)8-9-16(23-18)10-11-21-19-7-3-5-17(19)20-14-24-13-12-22-20/h1-2,4,6,8-9,17,19-22H,3,5,7,10-14H2. The summed E-state index contributed by atoms with van der Waals surface area (Å²) in [7, 11) is 0. The van der Waals surface area contributed by atoms with Gasteiger partial charge in [0, 0.05) is 42.7 Å². The second-order valence-electron chi connectivity index (χ2n) is 7.04. The van der Waals surface area contributed by atoms with Gasteiger partial charge in [0.2, 0.25) is 0 Å². The number of pyridine rings is 1. The van der Waals surface area contributed by atoms with Crippen LogP contribution in [0, 0.1) is 5.92 Å². The lowest BCUT2D eigenvalue weighted by Crippen LogP contribution is -2.51. The van der Waals surface area contributed by atoms with E-state index in [0.29, 0.717) is 18.0 Å². The van der Waals surface area contributed by atoms with Gasteiger partial charge in [-0.1, -0.05) is 30.7 Å². The van der Waals surface area contributed by atoms with Gasteiger partial charge in [-0.3, -0.25) is 4.98 Å². The van der Waals surface area contributed by atoms with Crippen molar-refractivity contribution in [2.75, 3.05) is 26.3 Å². The van der Waals surface area contributed by atoms with Gasteiger partial charge in [0.1, 0.15) is 0 Å².